The second-order valence-corrected chi connectivity index (χ2v) is 3.87. The number of aryl methyl sites for hydroxylation is 1. The van der Waals surface area contributed by atoms with E-state index < -0.39 is 0 Å². The second-order valence-electron chi connectivity index (χ2n) is 3.87. The van der Waals surface area contributed by atoms with Crippen LogP contribution in [0.5, 0.6) is 5.75 Å². The van der Waals surface area contributed by atoms with Crippen LogP contribution in [-0.2, 0) is 0 Å². The molecule has 14 heavy (non-hydrogen) atoms. The lowest BCUT2D eigenvalue weighted by Gasteiger charge is -2.12. The van der Waals surface area contributed by atoms with Gasteiger partial charge in [-0.3, -0.25) is 0 Å². The standard InChI is InChI=1S/C12H19NO/c1-4-9(2)8-14-12-6-5-10(3)7-11(12)13/h5-7,9H,4,8,13H2,1-3H3. The molecule has 0 bridgehead atoms. The van der Waals surface area contributed by atoms with Gasteiger partial charge in [0.2, 0.25) is 0 Å². The van der Waals surface area contributed by atoms with E-state index in [1.54, 1.807) is 0 Å². The smallest absolute Gasteiger partial charge is 0.142 e. The first kappa shape index (κ1) is 10.9. The molecule has 0 amide bonds. The zero-order valence-electron chi connectivity index (χ0n) is 9.21. The highest BCUT2D eigenvalue weighted by Crippen LogP contribution is 2.22. The molecule has 0 aliphatic rings. The van der Waals surface area contributed by atoms with Crippen molar-refractivity contribution in [3.63, 3.8) is 0 Å². The summed E-state index contributed by atoms with van der Waals surface area (Å²) >= 11 is 0. The summed E-state index contributed by atoms with van der Waals surface area (Å²) in [4.78, 5) is 0. The highest BCUT2D eigenvalue weighted by molar-refractivity contribution is 5.53. The van der Waals surface area contributed by atoms with Crippen LogP contribution in [0.3, 0.4) is 0 Å². The van der Waals surface area contributed by atoms with E-state index in [1.807, 2.05) is 25.1 Å². The van der Waals surface area contributed by atoms with Gasteiger partial charge in [0.25, 0.3) is 0 Å². The minimum Gasteiger partial charge on any atom is -0.491 e. The first-order valence-electron chi connectivity index (χ1n) is 5.12. The third-order valence-electron chi connectivity index (χ3n) is 2.39. The Bertz CT molecular complexity index is 296. The van der Waals surface area contributed by atoms with Crippen LogP contribution in [0, 0.1) is 12.8 Å². The Morgan fingerprint density at radius 2 is 2.14 bits per heavy atom. The number of benzene rings is 1. The molecule has 0 aliphatic heterocycles. The third-order valence-corrected chi connectivity index (χ3v) is 2.39. The topological polar surface area (TPSA) is 35.2 Å². The Morgan fingerprint density at radius 1 is 1.43 bits per heavy atom. The van der Waals surface area contributed by atoms with E-state index in [4.69, 9.17) is 10.5 Å². The molecule has 0 fully saturated rings. The van der Waals surface area contributed by atoms with E-state index in [2.05, 4.69) is 13.8 Å². The molecule has 1 unspecified atom stereocenters. The number of nitrogen functional groups attached to an aromatic ring is 1. The highest BCUT2D eigenvalue weighted by Gasteiger charge is 2.03. The van der Waals surface area contributed by atoms with Crippen molar-refractivity contribution in [3.8, 4) is 5.75 Å². The Labute approximate surface area is 86.1 Å². The molecule has 1 aromatic carbocycles. The molecule has 0 aromatic heterocycles. The molecular formula is C12H19NO. The maximum Gasteiger partial charge on any atom is 0.142 e. The monoisotopic (exact) mass is 193 g/mol. The van der Waals surface area contributed by atoms with Crippen LogP contribution >= 0.6 is 0 Å². The predicted molar refractivity (Wildman–Crippen MR) is 60.5 cm³/mol. The summed E-state index contributed by atoms with van der Waals surface area (Å²) in [7, 11) is 0. The minimum atomic E-state index is 0.579. The highest BCUT2D eigenvalue weighted by atomic mass is 16.5. The van der Waals surface area contributed by atoms with E-state index >= 15 is 0 Å². The van der Waals surface area contributed by atoms with Crippen molar-refractivity contribution in [2.24, 2.45) is 5.92 Å². The summed E-state index contributed by atoms with van der Waals surface area (Å²) in [5.74, 6) is 1.38. The van der Waals surface area contributed by atoms with Gasteiger partial charge in [-0.25, -0.2) is 0 Å². The van der Waals surface area contributed by atoms with Gasteiger partial charge in [-0.1, -0.05) is 26.3 Å². The van der Waals surface area contributed by atoms with Crippen LogP contribution in [-0.4, -0.2) is 6.61 Å². The normalized spacial score (nSPS) is 12.5. The molecule has 0 heterocycles. The zero-order chi connectivity index (χ0) is 10.6. The number of hydrogen-bond acceptors (Lipinski definition) is 2. The Kier molecular flexibility index (Phi) is 3.81. The molecule has 0 saturated carbocycles. The zero-order valence-corrected chi connectivity index (χ0v) is 9.21. The summed E-state index contributed by atoms with van der Waals surface area (Å²) < 4.78 is 5.62. The molecule has 0 aliphatic carbocycles. The van der Waals surface area contributed by atoms with Crippen molar-refractivity contribution >= 4 is 5.69 Å². The van der Waals surface area contributed by atoms with Crippen LogP contribution in [0.2, 0.25) is 0 Å². The molecule has 2 heteroatoms. The first-order valence-corrected chi connectivity index (χ1v) is 5.12. The fourth-order valence-electron chi connectivity index (χ4n) is 1.15. The first-order chi connectivity index (χ1) is 6.63. The van der Waals surface area contributed by atoms with E-state index in [0.717, 1.165) is 24.5 Å². The quantitative estimate of drug-likeness (QED) is 0.746. The number of anilines is 1. The van der Waals surface area contributed by atoms with Crippen molar-refractivity contribution in [1.82, 2.24) is 0 Å². The molecule has 2 N–H and O–H groups in total. The van der Waals surface area contributed by atoms with Crippen molar-refractivity contribution in [1.29, 1.82) is 0 Å². The van der Waals surface area contributed by atoms with Gasteiger partial charge in [-0.15, -0.1) is 0 Å². The number of rotatable bonds is 4. The summed E-state index contributed by atoms with van der Waals surface area (Å²) in [6.07, 6.45) is 1.13. The van der Waals surface area contributed by atoms with E-state index in [1.165, 1.54) is 5.56 Å². The van der Waals surface area contributed by atoms with E-state index in [9.17, 15) is 0 Å². The predicted octanol–water partition coefficient (Wildman–Crippen LogP) is 3.00. The number of hydrogen-bond donors (Lipinski definition) is 1. The molecule has 78 valence electrons. The van der Waals surface area contributed by atoms with Gasteiger partial charge >= 0.3 is 0 Å². The molecule has 0 spiro atoms. The lowest BCUT2D eigenvalue weighted by atomic mass is 10.1. The molecule has 2 nitrogen and oxygen atoms in total. The van der Waals surface area contributed by atoms with Gasteiger partial charge in [0.05, 0.1) is 12.3 Å². The molecule has 1 atom stereocenters. The lowest BCUT2D eigenvalue weighted by molar-refractivity contribution is 0.258. The lowest BCUT2D eigenvalue weighted by Crippen LogP contribution is -2.08. The Morgan fingerprint density at radius 3 is 2.71 bits per heavy atom. The molecule has 1 aromatic rings. The van der Waals surface area contributed by atoms with Crippen molar-refractivity contribution < 1.29 is 4.74 Å². The van der Waals surface area contributed by atoms with Crippen molar-refractivity contribution in [2.75, 3.05) is 12.3 Å². The minimum absolute atomic E-state index is 0.579. The molecular weight excluding hydrogens is 174 g/mol. The largest absolute Gasteiger partial charge is 0.491 e. The third kappa shape index (κ3) is 2.95. The molecule has 1 rings (SSSR count). The van der Waals surface area contributed by atoms with Gasteiger partial charge in [0.1, 0.15) is 5.75 Å². The SMILES string of the molecule is CCC(C)COc1ccc(C)cc1N. The average molecular weight is 193 g/mol. The maximum absolute atomic E-state index is 5.82. The van der Waals surface area contributed by atoms with Crippen molar-refractivity contribution in [2.45, 2.75) is 27.2 Å². The fraction of sp³-hybridized carbons (Fsp3) is 0.500. The summed E-state index contributed by atoms with van der Waals surface area (Å²) in [6, 6.07) is 5.89. The Balaban J connectivity index is 2.59. The molecule has 0 radical (unpaired) electrons. The Hall–Kier alpha value is -1.18. The summed E-state index contributed by atoms with van der Waals surface area (Å²) in [6.45, 7) is 7.09. The van der Waals surface area contributed by atoms with Gasteiger partial charge in [0, 0.05) is 0 Å². The summed E-state index contributed by atoms with van der Waals surface area (Å²) in [5.41, 5.74) is 7.72. The van der Waals surface area contributed by atoms with Gasteiger partial charge in [-0.2, -0.15) is 0 Å². The van der Waals surface area contributed by atoms with Gasteiger partial charge in [0.15, 0.2) is 0 Å². The van der Waals surface area contributed by atoms with E-state index in [0.29, 0.717) is 5.92 Å². The molecule has 0 saturated heterocycles. The number of ether oxygens (including phenoxy) is 1. The van der Waals surface area contributed by atoms with Crippen LogP contribution in [0.25, 0.3) is 0 Å². The maximum atomic E-state index is 5.82. The second kappa shape index (κ2) is 4.89. The van der Waals surface area contributed by atoms with E-state index in [-0.39, 0.29) is 0 Å². The van der Waals surface area contributed by atoms with Gasteiger partial charge < -0.3 is 10.5 Å². The van der Waals surface area contributed by atoms with Crippen molar-refractivity contribution in [3.05, 3.63) is 23.8 Å². The van der Waals surface area contributed by atoms with Crippen LogP contribution in [0.15, 0.2) is 18.2 Å². The van der Waals surface area contributed by atoms with Crippen LogP contribution in [0.1, 0.15) is 25.8 Å². The summed E-state index contributed by atoms with van der Waals surface area (Å²) in [5, 5.41) is 0. The van der Waals surface area contributed by atoms with Crippen LogP contribution in [0.4, 0.5) is 5.69 Å². The number of nitrogens with two attached hydrogens (primary N) is 1. The average Bonchev–Trinajstić information content (AvgIpc) is 2.16. The fourth-order valence-corrected chi connectivity index (χ4v) is 1.15. The van der Waals surface area contributed by atoms with Gasteiger partial charge in [-0.05, 0) is 30.5 Å². The van der Waals surface area contributed by atoms with Crippen LogP contribution < -0.4 is 10.5 Å².